The van der Waals surface area contributed by atoms with Crippen molar-refractivity contribution < 1.29 is 9.13 Å². The number of hydrogen-bond acceptors (Lipinski definition) is 2. The van der Waals surface area contributed by atoms with E-state index in [1.54, 1.807) is 36.4 Å². The highest BCUT2D eigenvalue weighted by Gasteiger charge is 2.03. The molecule has 0 saturated carbocycles. The van der Waals surface area contributed by atoms with Crippen molar-refractivity contribution in [1.29, 1.82) is 0 Å². The van der Waals surface area contributed by atoms with Gasteiger partial charge in [0.15, 0.2) is 0 Å². The molecule has 88 valence electrons. The van der Waals surface area contributed by atoms with E-state index in [0.29, 0.717) is 21.5 Å². The molecule has 0 heterocycles. The molecule has 0 spiro atoms. The van der Waals surface area contributed by atoms with Crippen molar-refractivity contribution in [3.8, 4) is 5.75 Å². The Morgan fingerprint density at radius 3 is 2.47 bits per heavy atom. The number of halogens is 2. The van der Waals surface area contributed by atoms with Crippen molar-refractivity contribution >= 4 is 21.6 Å². The number of anilines is 1. The first-order chi connectivity index (χ1) is 8.15. The summed E-state index contributed by atoms with van der Waals surface area (Å²) in [5, 5.41) is 0. The minimum atomic E-state index is -0.283. The van der Waals surface area contributed by atoms with E-state index < -0.39 is 0 Å². The lowest BCUT2D eigenvalue weighted by Gasteiger charge is -2.07. The molecule has 0 aromatic heterocycles. The van der Waals surface area contributed by atoms with Crippen LogP contribution in [0.3, 0.4) is 0 Å². The van der Waals surface area contributed by atoms with Crippen LogP contribution in [-0.2, 0) is 6.61 Å². The summed E-state index contributed by atoms with van der Waals surface area (Å²) in [5.74, 6) is 0.385. The van der Waals surface area contributed by atoms with E-state index in [-0.39, 0.29) is 12.4 Å². The van der Waals surface area contributed by atoms with Gasteiger partial charge >= 0.3 is 0 Å². The van der Waals surface area contributed by atoms with Gasteiger partial charge in [-0.1, -0.05) is 22.0 Å². The molecule has 17 heavy (non-hydrogen) atoms. The Kier molecular flexibility index (Phi) is 3.64. The molecular formula is C13H11BrFNO. The lowest BCUT2D eigenvalue weighted by Crippen LogP contribution is -1.98. The summed E-state index contributed by atoms with van der Waals surface area (Å²) in [6.07, 6.45) is 0. The van der Waals surface area contributed by atoms with Gasteiger partial charge in [-0.2, -0.15) is 0 Å². The molecule has 0 amide bonds. The molecule has 2 N–H and O–H groups in total. The zero-order chi connectivity index (χ0) is 12.3. The summed E-state index contributed by atoms with van der Waals surface area (Å²) < 4.78 is 19.7. The summed E-state index contributed by atoms with van der Waals surface area (Å²) >= 11 is 3.21. The summed E-state index contributed by atoms with van der Waals surface area (Å²) in [6.45, 7) is 0.197. The maximum absolute atomic E-state index is 13.5. The second-order valence-corrected chi connectivity index (χ2v) is 4.51. The molecule has 0 saturated heterocycles. The maximum atomic E-state index is 13.5. The normalized spacial score (nSPS) is 10.2. The average molecular weight is 296 g/mol. The summed E-state index contributed by atoms with van der Waals surface area (Å²) in [5.41, 5.74) is 6.75. The number of nitrogen functional groups attached to an aromatic ring is 1. The molecule has 2 aromatic rings. The third kappa shape index (κ3) is 3.20. The molecule has 0 unspecified atom stereocenters. The number of benzene rings is 2. The Morgan fingerprint density at radius 2 is 1.82 bits per heavy atom. The first-order valence-electron chi connectivity index (χ1n) is 5.07. The standard InChI is InChI=1S/C13H11BrFNO/c14-10-2-1-9(13(15)7-10)8-17-12-5-3-11(16)4-6-12/h1-7H,8,16H2. The molecular weight excluding hydrogens is 285 g/mol. The molecule has 0 atom stereocenters. The van der Waals surface area contributed by atoms with E-state index in [0.717, 1.165) is 0 Å². The van der Waals surface area contributed by atoms with Gasteiger partial charge in [0.2, 0.25) is 0 Å². The van der Waals surface area contributed by atoms with Crippen molar-refractivity contribution in [2.45, 2.75) is 6.61 Å². The zero-order valence-electron chi connectivity index (χ0n) is 8.99. The maximum Gasteiger partial charge on any atom is 0.130 e. The largest absolute Gasteiger partial charge is 0.489 e. The Bertz CT molecular complexity index is 513. The molecule has 2 aromatic carbocycles. The van der Waals surface area contributed by atoms with Gasteiger partial charge in [-0.3, -0.25) is 0 Å². The van der Waals surface area contributed by atoms with Crippen LogP contribution in [0.1, 0.15) is 5.56 Å². The molecule has 4 heteroatoms. The monoisotopic (exact) mass is 295 g/mol. The third-order valence-corrected chi connectivity index (χ3v) is 2.78. The van der Waals surface area contributed by atoms with Crippen LogP contribution < -0.4 is 10.5 Å². The average Bonchev–Trinajstić information content (AvgIpc) is 2.30. The van der Waals surface area contributed by atoms with Gasteiger partial charge in [0.25, 0.3) is 0 Å². The van der Waals surface area contributed by atoms with Crippen LogP contribution in [0.2, 0.25) is 0 Å². The van der Waals surface area contributed by atoms with Crippen LogP contribution in [0.5, 0.6) is 5.75 Å². The molecule has 2 rings (SSSR count). The highest BCUT2D eigenvalue weighted by Crippen LogP contribution is 2.18. The molecule has 2 nitrogen and oxygen atoms in total. The second kappa shape index (κ2) is 5.19. The Hall–Kier alpha value is -1.55. The molecule has 0 aliphatic heterocycles. The van der Waals surface area contributed by atoms with Gasteiger partial charge < -0.3 is 10.5 Å². The number of hydrogen-bond donors (Lipinski definition) is 1. The van der Waals surface area contributed by atoms with E-state index in [9.17, 15) is 4.39 Å². The van der Waals surface area contributed by atoms with Crippen molar-refractivity contribution in [2.75, 3.05) is 5.73 Å². The van der Waals surface area contributed by atoms with Gasteiger partial charge in [0.1, 0.15) is 18.2 Å². The number of ether oxygens (including phenoxy) is 1. The van der Waals surface area contributed by atoms with Crippen LogP contribution in [0.4, 0.5) is 10.1 Å². The SMILES string of the molecule is Nc1ccc(OCc2ccc(Br)cc2F)cc1. The lowest BCUT2D eigenvalue weighted by molar-refractivity contribution is 0.300. The van der Waals surface area contributed by atoms with Gasteiger partial charge in [-0.15, -0.1) is 0 Å². The molecule has 0 aliphatic rings. The van der Waals surface area contributed by atoms with Gasteiger partial charge in [-0.05, 0) is 36.4 Å². The van der Waals surface area contributed by atoms with Gasteiger partial charge in [0.05, 0.1) is 0 Å². The fraction of sp³-hybridized carbons (Fsp3) is 0.0769. The van der Waals surface area contributed by atoms with E-state index in [4.69, 9.17) is 10.5 Å². The molecule has 0 aliphatic carbocycles. The molecule has 0 bridgehead atoms. The Morgan fingerprint density at radius 1 is 1.12 bits per heavy atom. The first kappa shape index (κ1) is 11.9. The first-order valence-corrected chi connectivity index (χ1v) is 5.87. The van der Waals surface area contributed by atoms with Gasteiger partial charge in [0, 0.05) is 15.7 Å². The third-order valence-electron chi connectivity index (χ3n) is 2.29. The predicted octanol–water partition coefficient (Wildman–Crippen LogP) is 3.75. The van der Waals surface area contributed by atoms with Crippen LogP contribution in [-0.4, -0.2) is 0 Å². The smallest absolute Gasteiger partial charge is 0.130 e. The minimum absolute atomic E-state index is 0.197. The Labute approximate surface area is 107 Å². The van der Waals surface area contributed by atoms with E-state index in [1.807, 2.05) is 0 Å². The van der Waals surface area contributed by atoms with Crippen LogP contribution in [0, 0.1) is 5.82 Å². The zero-order valence-corrected chi connectivity index (χ0v) is 10.6. The lowest BCUT2D eigenvalue weighted by atomic mass is 10.2. The highest BCUT2D eigenvalue weighted by molar-refractivity contribution is 9.10. The highest BCUT2D eigenvalue weighted by atomic mass is 79.9. The van der Waals surface area contributed by atoms with Crippen molar-refractivity contribution in [1.82, 2.24) is 0 Å². The predicted molar refractivity (Wildman–Crippen MR) is 69.3 cm³/mol. The summed E-state index contributed by atoms with van der Waals surface area (Å²) in [4.78, 5) is 0. The number of nitrogens with two attached hydrogens (primary N) is 1. The number of rotatable bonds is 3. The van der Waals surface area contributed by atoms with Crippen molar-refractivity contribution in [3.05, 3.63) is 58.3 Å². The fourth-order valence-electron chi connectivity index (χ4n) is 1.36. The van der Waals surface area contributed by atoms with Crippen molar-refractivity contribution in [2.24, 2.45) is 0 Å². The van der Waals surface area contributed by atoms with E-state index in [1.165, 1.54) is 6.07 Å². The summed E-state index contributed by atoms with van der Waals surface area (Å²) in [6, 6.07) is 11.9. The molecule has 0 radical (unpaired) electrons. The van der Waals surface area contributed by atoms with Crippen LogP contribution >= 0.6 is 15.9 Å². The second-order valence-electron chi connectivity index (χ2n) is 3.59. The van der Waals surface area contributed by atoms with Crippen LogP contribution in [0.15, 0.2) is 46.9 Å². The molecule has 0 fully saturated rings. The summed E-state index contributed by atoms with van der Waals surface area (Å²) in [7, 11) is 0. The quantitative estimate of drug-likeness (QED) is 0.875. The van der Waals surface area contributed by atoms with E-state index in [2.05, 4.69) is 15.9 Å². The fourth-order valence-corrected chi connectivity index (χ4v) is 1.70. The van der Waals surface area contributed by atoms with Crippen LogP contribution in [0.25, 0.3) is 0 Å². The van der Waals surface area contributed by atoms with Gasteiger partial charge in [-0.25, -0.2) is 4.39 Å². The Balaban J connectivity index is 2.04. The van der Waals surface area contributed by atoms with E-state index >= 15 is 0 Å². The minimum Gasteiger partial charge on any atom is -0.489 e. The topological polar surface area (TPSA) is 35.2 Å². The van der Waals surface area contributed by atoms with Crippen molar-refractivity contribution in [3.63, 3.8) is 0 Å².